The van der Waals surface area contributed by atoms with Crippen molar-refractivity contribution in [2.75, 3.05) is 0 Å². The van der Waals surface area contributed by atoms with Crippen LogP contribution in [0.15, 0.2) is 48.0 Å². The highest BCUT2D eigenvalue weighted by Gasteiger charge is 2.48. The van der Waals surface area contributed by atoms with Crippen LogP contribution in [0.5, 0.6) is 5.75 Å². The lowest BCUT2D eigenvalue weighted by molar-refractivity contribution is -0.187. The molecule has 3 nitrogen and oxygen atoms in total. The van der Waals surface area contributed by atoms with Crippen molar-refractivity contribution in [2.24, 2.45) is 0 Å². The van der Waals surface area contributed by atoms with Crippen molar-refractivity contribution in [3.63, 3.8) is 0 Å². The van der Waals surface area contributed by atoms with Crippen LogP contribution in [0, 0.1) is 0 Å². The van der Waals surface area contributed by atoms with E-state index in [-0.39, 0.29) is 16.3 Å². The predicted octanol–water partition coefficient (Wildman–Crippen LogP) is 4.80. The number of hydrogen-bond acceptors (Lipinski definition) is 2. The molecule has 0 aromatic heterocycles. The van der Waals surface area contributed by atoms with Crippen molar-refractivity contribution in [1.82, 2.24) is 0 Å². The first-order valence-corrected chi connectivity index (χ1v) is 7.22. The van der Waals surface area contributed by atoms with Gasteiger partial charge in [-0.25, -0.2) is 4.79 Å². The van der Waals surface area contributed by atoms with Crippen molar-refractivity contribution in [3.8, 4) is 16.9 Å². The number of benzene rings is 2. The average Bonchev–Trinajstić information content (AvgIpc) is 2.53. The highest BCUT2D eigenvalue weighted by Crippen LogP contribution is 2.41. The molecule has 1 N–H and O–H groups in total. The van der Waals surface area contributed by atoms with Crippen LogP contribution in [-0.2, 0) is 4.79 Å². The van der Waals surface area contributed by atoms with Crippen molar-refractivity contribution >= 4 is 23.6 Å². The molecule has 0 saturated heterocycles. The van der Waals surface area contributed by atoms with Gasteiger partial charge in [0.05, 0.1) is 5.57 Å². The third kappa shape index (κ3) is 2.97. The largest absolute Gasteiger partial charge is 0.478 e. The Labute approximate surface area is 139 Å². The summed E-state index contributed by atoms with van der Waals surface area (Å²) in [6, 6.07) is 11.6. The van der Waals surface area contributed by atoms with Crippen LogP contribution in [0.25, 0.3) is 17.2 Å². The zero-order valence-corrected chi connectivity index (χ0v) is 12.7. The summed E-state index contributed by atoms with van der Waals surface area (Å²) < 4.78 is 44.2. The minimum Gasteiger partial charge on any atom is -0.478 e. The van der Waals surface area contributed by atoms with Gasteiger partial charge in [0.15, 0.2) is 0 Å². The molecule has 0 amide bonds. The van der Waals surface area contributed by atoms with Gasteiger partial charge in [-0.15, -0.1) is 0 Å². The maximum atomic E-state index is 13.1. The number of alkyl halides is 3. The van der Waals surface area contributed by atoms with Gasteiger partial charge in [-0.2, -0.15) is 13.2 Å². The minimum atomic E-state index is -4.84. The monoisotopic (exact) mass is 354 g/mol. The molecule has 0 aliphatic carbocycles. The highest BCUT2D eigenvalue weighted by molar-refractivity contribution is 6.33. The van der Waals surface area contributed by atoms with Crippen molar-refractivity contribution in [1.29, 1.82) is 0 Å². The lowest BCUT2D eigenvalue weighted by Gasteiger charge is -2.27. The van der Waals surface area contributed by atoms with Gasteiger partial charge in [0.25, 0.3) is 0 Å². The molecule has 1 aliphatic rings. The van der Waals surface area contributed by atoms with Gasteiger partial charge < -0.3 is 9.84 Å². The number of carboxylic acids is 1. The molecule has 0 saturated carbocycles. The molecule has 0 bridgehead atoms. The zero-order chi connectivity index (χ0) is 17.5. The first-order valence-electron chi connectivity index (χ1n) is 6.84. The second kappa shape index (κ2) is 5.87. The summed E-state index contributed by atoms with van der Waals surface area (Å²) >= 11 is 6.19. The molecule has 1 heterocycles. The van der Waals surface area contributed by atoms with Crippen LogP contribution in [0.3, 0.4) is 0 Å². The Bertz CT molecular complexity index is 829. The van der Waals surface area contributed by atoms with E-state index in [0.717, 1.165) is 6.08 Å². The molecule has 7 heteroatoms. The average molecular weight is 355 g/mol. The fraction of sp³-hybridized carbons (Fsp3) is 0.118. The van der Waals surface area contributed by atoms with Crippen LogP contribution < -0.4 is 4.74 Å². The molecule has 1 atom stereocenters. The third-order valence-electron chi connectivity index (χ3n) is 3.57. The molecule has 1 aliphatic heterocycles. The molecular formula is C17H10ClF3O3. The Morgan fingerprint density at radius 3 is 2.42 bits per heavy atom. The summed E-state index contributed by atoms with van der Waals surface area (Å²) in [5.74, 6) is -1.75. The highest BCUT2D eigenvalue weighted by atomic mass is 35.5. The van der Waals surface area contributed by atoms with E-state index in [9.17, 15) is 18.0 Å². The van der Waals surface area contributed by atoms with E-state index < -0.39 is 23.8 Å². The number of aliphatic carboxylic acids is 1. The fourth-order valence-corrected chi connectivity index (χ4v) is 2.75. The number of halogens is 4. The number of carbonyl (C=O) groups is 1. The summed E-state index contributed by atoms with van der Waals surface area (Å²) in [5.41, 5.74) is 0.533. The van der Waals surface area contributed by atoms with E-state index in [4.69, 9.17) is 21.4 Å². The molecule has 2 aromatic carbocycles. The van der Waals surface area contributed by atoms with Crippen LogP contribution in [0.4, 0.5) is 13.2 Å². The molecule has 0 fully saturated rings. The van der Waals surface area contributed by atoms with E-state index >= 15 is 0 Å². The van der Waals surface area contributed by atoms with Crippen LogP contribution in [0.1, 0.15) is 5.56 Å². The Hall–Kier alpha value is -2.47. The SMILES string of the molecule is O=C(O)C1=Cc2cc(Cl)c(-c3ccccc3)cc2OC1C(F)(F)F. The minimum absolute atomic E-state index is 0.0643. The predicted molar refractivity (Wildman–Crippen MR) is 83.0 cm³/mol. The van der Waals surface area contributed by atoms with Gasteiger partial charge in [-0.05, 0) is 23.8 Å². The maximum absolute atomic E-state index is 13.1. The zero-order valence-electron chi connectivity index (χ0n) is 12.0. The number of fused-ring (bicyclic) bond motifs is 1. The van der Waals surface area contributed by atoms with Gasteiger partial charge >= 0.3 is 12.1 Å². The third-order valence-corrected chi connectivity index (χ3v) is 3.88. The Morgan fingerprint density at radius 1 is 1.17 bits per heavy atom. The molecule has 24 heavy (non-hydrogen) atoms. The van der Waals surface area contributed by atoms with Crippen molar-refractivity contribution in [2.45, 2.75) is 12.3 Å². The quantitative estimate of drug-likeness (QED) is 0.842. The van der Waals surface area contributed by atoms with Gasteiger partial charge in [0.1, 0.15) is 5.75 Å². The lowest BCUT2D eigenvalue weighted by atomic mass is 9.97. The molecule has 3 rings (SSSR count). The summed E-state index contributed by atoms with van der Waals surface area (Å²) in [6.07, 6.45) is -6.42. The second-order valence-electron chi connectivity index (χ2n) is 5.18. The van der Waals surface area contributed by atoms with Crippen LogP contribution in [-0.4, -0.2) is 23.4 Å². The molecule has 0 spiro atoms. The van der Waals surface area contributed by atoms with E-state index in [0.29, 0.717) is 11.1 Å². The van der Waals surface area contributed by atoms with Gasteiger partial charge in [0.2, 0.25) is 6.10 Å². The van der Waals surface area contributed by atoms with Crippen LogP contribution >= 0.6 is 11.6 Å². The maximum Gasteiger partial charge on any atom is 0.430 e. The molecule has 0 radical (unpaired) electrons. The number of rotatable bonds is 2. The smallest absolute Gasteiger partial charge is 0.430 e. The summed E-state index contributed by atoms with van der Waals surface area (Å²) in [6.45, 7) is 0. The molecular weight excluding hydrogens is 345 g/mol. The van der Waals surface area contributed by atoms with E-state index in [1.165, 1.54) is 12.1 Å². The lowest BCUT2D eigenvalue weighted by Crippen LogP contribution is -2.40. The van der Waals surface area contributed by atoms with Crippen molar-refractivity contribution in [3.05, 3.63) is 58.6 Å². The summed E-state index contributed by atoms with van der Waals surface area (Å²) in [5, 5.41) is 9.31. The Kier molecular flexibility index (Phi) is 4.01. The van der Waals surface area contributed by atoms with Gasteiger partial charge in [-0.3, -0.25) is 0 Å². The standard InChI is InChI=1S/C17H10ClF3O3/c18-13-7-10-6-12(16(22)23)15(17(19,20)21)24-14(10)8-11(13)9-4-2-1-3-5-9/h1-8,15H,(H,22,23). The number of hydrogen-bond donors (Lipinski definition) is 1. The first-order chi connectivity index (χ1) is 11.3. The molecule has 2 aromatic rings. The molecule has 1 unspecified atom stereocenters. The topological polar surface area (TPSA) is 46.5 Å². The fourth-order valence-electron chi connectivity index (χ4n) is 2.47. The normalized spacial score (nSPS) is 16.8. The van der Waals surface area contributed by atoms with E-state index in [2.05, 4.69) is 0 Å². The van der Waals surface area contributed by atoms with Crippen molar-refractivity contribution < 1.29 is 27.8 Å². The number of carboxylic acid groups (broad SMARTS) is 1. The van der Waals surface area contributed by atoms with Gasteiger partial charge in [-0.1, -0.05) is 41.9 Å². The Balaban J connectivity index is 2.14. The number of ether oxygens (including phenoxy) is 1. The first kappa shape index (κ1) is 16.4. The summed E-state index contributed by atoms with van der Waals surface area (Å²) in [7, 11) is 0. The molecule has 124 valence electrons. The second-order valence-corrected chi connectivity index (χ2v) is 5.59. The van der Waals surface area contributed by atoms with Gasteiger partial charge in [0, 0.05) is 16.1 Å². The Morgan fingerprint density at radius 2 is 1.83 bits per heavy atom. The van der Waals surface area contributed by atoms with Crippen LogP contribution in [0.2, 0.25) is 5.02 Å². The van der Waals surface area contributed by atoms with E-state index in [1.54, 1.807) is 30.3 Å². The van der Waals surface area contributed by atoms with E-state index in [1.807, 2.05) is 0 Å². The summed E-state index contributed by atoms with van der Waals surface area (Å²) in [4.78, 5) is 11.1.